The number of amides is 1. The summed E-state index contributed by atoms with van der Waals surface area (Å²) in [6.45, 7) is 2.38. The number of carbonyl (C=O) groups excluding carboxylic acids is 1. The Balaban J connectivity index is 1.30. The van der Waals surface area contributed by atoms with Crippen LogP contribution in [0, 0.1) is 17.5 Å². The summed E-state index contributed by atoms with van der Waals surface area (Å²) in [7, 11) is 0. The van der Waals surface area contributed by atoms with Gasteiger partial charge >= 0.3 is 0 Å². The van der Waals surface area contributed by atoms with E-state index in [1.54, 1.807) is 0 Å². The molecule has 2 N–H and O–H groups in total. The molecule has 37 heavy (non-hydrogen) atoms. The number of nitrogens with zero attached hydrogens (tertiary/aromatic N) is 1. The molecule has 5 rings (SSSR count). The van der Waals surface area contributed by atoms with Crippen LogP contribution in [0.4, 0.5) is 22.0 Å². The van der Waals surface area contributed by atoms with Crippen molar-refractivity contribution < 1.29 is 26.7 Å². The number of benzene rings is 2. The summed E-state index contributed by atoms with van der Waals surface area (Å²) in [5.41, 5.74) is 0.0187. The zero-order valence-corrected chi connectivity index (χ0v) is 20.6. The van der Waals surface area contributed by atoms with Gasteiger partial charge in [-0.05, 0) is 68.3 Å². The van der Waals surface area contributed by atoms with Crippen molar-refractivity contribution in [2.75, 3.05) is 19.6 Å². The van der Waals surface area contributed by atoms with Gasteiger partial charge < -0.3 is 10.6 Å². The molecule has 0 unspecified atom stereocenters. The summed E-state index contributed by atoms with van der Waals surface area (Å²) in [5.74, 6) is -6.28. The van der Waals surface area contributed by atoms with Gasteiger partial charge in [-0.15, -0.1) is 0 Å². The highest BCUT2D eigenvalue weighted by molar-refractivity contribution is 5.80. The molecule has 200 valence electrons. The first-order valence-corrected chi connectivity index (χ1v) is 13.1. The van der Waals surface area contributed by atoms with E-state index in [0.717, 1.165) is 44.4 Å². The van der Waals surface area contributed by atoms with Gasteiger partial charge in [-0.1, -0.05) is 18.2 Å². The van der Waals surface area contributed by atoms with Gasteiger partial charge in [0.1, 0.15) is 23.5 Å². The van der Waals surface area contributed by atoms with Gasteiger partial charge in [-0.3, -0.25) is 9.69 Å². The van der Waals surface area contributed by atoms with E-state index in [1.807, 2.05) is 0 Å². The van der Waals surface area contributed by atoms with Crippen LogP contribution >= 0.6 is 0 Å². The Morgan fingerprint density at radius 2 is 1.73 bits per heavy atom. The van der Waals surface area contributed by atoms with E-state index in [4.69, 9.17) is 0 Å². The molecular weight excluding hydrogens is 489 g/mol. The zero-order chi connectivity index (χ0) is 26.2. The summed E-state index contributed by atoms with van der Waals surface area (Å²) in [6, 6.07) is 5.06. The lowest BCUT2D eigenvalue weighted by molar-refractivity contribution is -0.133. The predicted octanol–water partition coefficient (Wildman–Crippen LogP) is 5.20. The lowest BCUT2D eigenvalue weighted by Crippen LogP contribution is -2.64. The Kier molecular flexibility index (Phi) is 7.29. The molecule has 4 nitrogen and oxygen atoms in total. The quantitative estimate of drug-likeness (QED) is 0.532. The number of hydrogen-bond acceptors (Lipinski definition) is 3. The van der Waals surface area contributed by atoms with E-state index >= 15 is 13.2 Å². The molecule has 2 aromatic carbocycles. The minimum Gasteiger partial charge on any atom is -0.345 e. The van der Waals surface area contributed by atoms with Crippen LogP contribution < -0.4 is 10.6 Å². The van der Waals surface area contributed by atoms with E-state index in [2.05, 4.69) is 15.5 Å². The SMILES string of the molecule is O=C(Cc1cccc(-c2cc(F)cc(F)c2)c1F)N[C@@H]1[C@@H](N2CCC3(CCCN3)CC2)CCCC1(F)F. The second kappa shape index (κ2) is 10.3. The second-order valence-electron chi connectivity index (χ2n) is 10.7. The standard InChI is InChI=1S/C28H32F5N3O/c29-20-14-19(15-21(30)17-20)22-5-1-4-18(25(22)31)16-24(37)35-26-23(6-2-8-28(26,32)33)36-12-9-27(10-13-36)7-3-11-34-27/h1,4-5,14-15,17,23,26,34H,2-3,6-13,16H2,(H,35,37)/t23-,26+/m0/s1. The molecule has 2 atom stereocenters. The number of halogens is 5. The van der Waals surface area contributed by atoms with Crippen LogP contribution in [0.25, 0.3) is 11.1 Å². The topological polar surface area (TPSA) is 44.4 Å². The Hall–Kier alpha value is -2.52. The maximum absolute atomic E-state index is 15.2. The molecule has 1 spiro atoms. The number of alkyl halides is 2. The molecule has 3 fully saturated rings. The average molecular weight is 522 g/mol. The molecule has 0 radical (unpaired) electrons. The van der Waals surface area contributed by atoms with Crippen molar-refractivity contribution in [3.05, 3.63) is 59.4 Å². The number of piperidine rings is 1. The summed E-state index contributed by atoms with van der Waals surface area (Å²) >= 11 is 0. The summed E-state index contributed by atoms with van der Waals surface area (Å²) in [5, 5.41) is 6.13. The number of carbonyl (C=O) groups is 1. The Morgan fingerprint density at radius 3 is 2.41 bits per heavy atom. The lowest BCUT2D eigenvalue weighted by atomic mass is 9.81. The molecule has 2 aromatic rings. The highest BCUT2D eigenvalue weighted by atomic mass is 19.3. The third-order valence-corrected chi connectivity index (χ3v) is 8.33. The highest BCUT2D eigenvalue weighted by Gasteiger charge is 2.50. The van der Waals surface area contributed by atoms with Crippen molar-refractivity contribution in [2.45, 2.75) is 74.9 Å². The van der Waals surface area contributed by atoms with Crippen LogP contribution in [-0.2, 0) is 11.2 Å². The van der Waals surface area contributed by atoms with Crippen molar-refractivity contribution in [1.29, 1.82) is 0 Å². The minimum atomic E-state index is -3.07. The van der Waals surface area contributed by atoms with Gasteiger partial charge in [0.25, 0.3) is 5.92 Å². The first-order valence-electron chi connectivity index (χ1n) is 13.1. The normalized spacial score (nSPS) is 25.3. The molecular formula is C28H32F5N3O. The fraction of sp³-hybridized carbons (Fsp3) is 0.536. The minimum absolute atomic E-state index is 0.00393. The summed E-state index contributed by atoms with van der Waals surface area (Å²) in [6.07, 6.45) is 4.22. The van der Waals surface area contributed by atoms with E-state index < -0.39 is 47.8 Å². The van der Waals surface area contributed by atoms with E-state index in [9.17, 15) is 13.6 Å². The molecule has 2 heterocycles. The number of nitrogens with one attached hydrogen (secondary N) is 2. The molecule has 1 saturated carbocycles. The molecule has 0 bridgehead atoms. The molecule has 2 aliphatic heterocycles. The first-order chi connectivity index (χ1) is 17.7. The number of likely N-dealkylation sites (tertiary alicyclic amines) is 1. The molecule has 2 saturated heterocycles. The number of hydrogen-bond donors (Lipinski definition) is 2. The average Bonchev–Trinajstić information content (AvgIpc) is 3.29. The van der Waals surface area contributed by atoms with Gasteiger partial charge in [-0.25, -0.2) is 22.0 Å². The van der Waals surface area contributed by atoms with Crippen LogP contribution in [0.3, 0.4) is 0 Å². The predicted molar refractivity (Wildman–Crippen MR) is 131 cm³/mol. The summed E-state index contributed by atoms with van der Waals surface area (Å²) < 4.78 is 72.8. The number of rotatable bonds is 5. The molecule has 1 aliphatic carbocycles. The van der Waals surface area contributed by atoms with Crippen LogP contribution in [0.1, 0.15) is 50.5 Å². The molecule has 0 aromatic heterocycles. The van der Waals surface area contributed by atoms with Gasteiger partial charge in [0, 0.05) is 42.7 Å². The smallest absolute Gasteiger partial charge is 0.269 e. The lowest BCUT2D eigenvalue weighted by Gasteiger charge is -2.48. The fourth-order valence-electron chi connectivity index (χ4n) is 6.37. The van der Waals surface area contributed by atoms with Crippen LogP contribution in [0.2, 0.25) is 0 Å². The Bertz CT molecular complexity index is 1120. The molecule has 3 aliphatic rings. The van der Waals surface area contributed by atoms with Crippen LogP contribution in [-0.4, -0.2) is 54.0 Å². The van der Waals surface area contributed by atoms with Gasteiger partial charge in [0.05, 0.1) is 6.42 Å². The maximum Gasteiger partial charge on any atom is 0.269 e. The van der Waals surface area contributed by atoms with Crippen molar-refractivity contribution in [3.63, 3.8) is 0 Å². The Morgan fingerprint density at radius 1 is 1.00 bits per heavy atom. The summed E-state index contributed by atoms with van der Waals surface area (Å²) in [4.78, 5) is 15.0. The fourth-order valence-corrected chi connectivity index (χ4v) is 6.37. The van der Waals surface area contributed by atoms with Crippen LogP contribution in [0.5, 0.6) is 0 Å². The van der Waals surface area contributed by atoms with Crippen molar-refractivity contribution >= 4 is 5.91 Å². The highest BCUT2D eigenvalue weighted by Crippen LogP contribution is 2.39. The third kappa shape index (κ3) is 5.53. The third-order valence-electron chi connectivity index (χ3n) is 8.33. The van der Waals surface area contributed by atoms with E-state index in [0.29, 0.717) is 32.0 Å². The van der Waals surface area contributed by atoms with Gasteiger partial charge in [0.2, 0.25) is 5.91 Å². The van der Waals surface area contributed by atoms with Crippen LogP contribution in [0.15, 0.2) is 36.4 Å². The van der Waals surface area contributed by atoms with Crippen molar-refractivity contribution in [3.8, 4) is 11.1 Å². The monoisotopic (exact) mass is 521 g/mol. The second-order valence-corrected chi connectivity index (χ2v) is 10.7. The van der Waals surface area contributed by atoms with Gasteiger partial charge in [-0.2, -0.15) is 0 Å². The molecule has 9 heteroatoms. The van der Waals surface area contributed by atoms with E-state index in [-0.39, 0.29) is 28.7 Å². The maximum atomic E-state index is 15.2. The van der Waals surface area contributed by atoms with Crippen molar-refractivity contribution in [2.24, 2.45) is 0 Å². The molecule has 1 amide bonds. The van der Waals surface area contributed by atoms with Gasteiger partial charge in [0.15, 0.2) is 0 Å². The Labute approximate surface area is 213 Å². The first kappa shape index (κ1) is 26.1. The van der Waals surface area contributed by atoms with Crippen molar-refractivity contribution in [1.82, 2.24) is 15.5 Å². The zero-order valence-electron chi connectivity index (χ0n) is 20.6. The largest absolute Gasteiger partial charge is 0.345 e. The van der Waals surface area contributed by atoms with E-state index in [1.165, 1.54) is 18.2 Å².